The van der Waals surface area contributed by atoms with Crippen LogP contribution in [0.3, 0.4) is 0 Å². The van der Waals surface area contributed by atoms with E-state index in [1.807, 2.05) is 0 Å². The van der Waals surface area contributed by atoms with E-state index in [4.69, 9.17) is 0 Å². The van der Waals surface area contributed by atoms with Crippen LogP contribution < -0.4 is 9.80 Å². The van der Waals surface area contributed by atoms with E-state index in [0.717, 1.165) is 29.2 Å². The highest BCUT2D eigenvalue weighted by Crippen LogP contribution is 2.53. The van der Waals surface area contributed by atoms with Gasteiger partial charge in [0.2, 0.25) is 0 Å². The van der Waals surface area contributed by atoms with Crippen molar-refractivity contribution < 1.29 is 0 Å². The van der Waals surface area contributed by atoms with Crippen molar-refractivity contribution in [3.63, 3.8) is 0 Å². The zero-order valence-electron chi connectivity index (χ0n) is 26.9. The Hall–Kier alpha value is -5.60. The Labute approximate surface area is 278 Å². The summed E-state index contributed by atoms with van der Waals surface area (Å²) in [6, 6.07) is 55.3. The van der Waals surface area contributed by atoms with Gasteiger partial charge >= 0.3 is 0 Å². The van der Waals surface area contributed by atoms with Crippen molar-refractivity contribution in [2.24, 2.45) is 0 Å². The van der Waals surface area contributed by atoms with Gasteiger partial charge in [-0.2, -0.15) is 0 Å². The third-order valence-corrected chi connectivity index (χ3v) is 9.78. The molecule has 0 saturated heterocycles. The van der Waals surface area contributed by atoms with E-state index in [1.54, 1.807) is 0 Å². The molecule has 228 valence electrons. The number of hydrogen-bond acceptors (Lipinski definition) is 2. The molecule has 0 aromatic heterocycles. The Morgan fingerprint density at radius 1 is 0.553 bits per heavy atom. The molecular weight excluding hydrogens is 569 g/mol. The second kappa shape index (κ2) is 12.0. The van der Waals surface area contributed by atoms with Gasteiger partial charge in [-0.3, -0.25) is 0 Å². The molecule has 0 spiro atoms. The van der Waals surface area contributed by atoms with E-state index in [9.17, 15) is 0 Å². The number of para-hydroxylation sites is 2. The molecular formula is C45H38N2. The quantitative estimate of drug-likeness (QED) is 0.186. The van der Waals surface area contributed by atoms with Crippen LogP contribution in [0, 0.1) is 0 Å². The Morgan fingerprint density at radius 3 is 1.89 bits per heavy atom. The van der Waals surface area contributed by atoms with Crippen molar-refractivity contribution in [2.75, 3.05) is 9.80 Å². The van der Waals surface area contributed by atoms with Crippen molar-refractivity contribution in [3.05, 3.63) is 193 Å². The van der Waals surface area contributed by atoms with Crippen molar-refractivity contribution in [3.8, 4) is 11.1 Å². The molecule has 0 fully saturated rings. The molecule has 1 aliphatic carbocycles. The Morgan fingerprint density at radius 2 is 1.17 bits per heavy atom. The van der Waals surface area contributed by atoms with Gasteiger partial charge in [0.05, 0.1) is 11.4 Å². The summed E-state index contributed by atoms with van der Waals surface area (Å²) >= 11 is 0. The third-order valence-electron chi connectivity index (χ3n) is 9.78. The molecule has 2 nitrogen and oxygen atoms in total. The van der Waals surface area contributed by atoms with Gasteiger partial charge in [0.25, 0.3) is 0 Å². The number of allylic oxidation sites excluding steroid dienone is 4. The van der Waals surface area contributed by atoms with E-state index < -0.39 is 0 Å². The third kappa shape index (κ3) is 5.26. The lowest BCUT2D eigenvalue weighted by Gasteiger charge is -2.42. The fourth-order valence-electron chi connectivity index (χ4n) is 7.27. The van der Waals surface area contributed by atoms with Gasteiger partial charge in [-0.05, 0) is 94.9 Å². The van der Waals surface area contributed by atoms with Gasteiger partial charge in [0, 0.05) is 34.1 Å². The maximum Gasteiger partial charge on any atom is 0.0504 e. The lowest BCUT2D eigenvalue weighted by molar-refractivity contribution is 0.632. The number of hydrogen-bond donors (Lipinski definition) is 0. The van der Waals surface area contributed by atoms with Crippen molar-refractivity contribution in [1.82, 2.24) is 0 Å². The van der Waals surface area contributed by atoms with Crippen molar-refractivity contribution in [1.29, 1.82) is 0 Å². The van der Waals surface area contributed by atoms with Crippen LogP contribution in [0.15, 0.2) is 176 Å². The maximum absolute atomic E-state index is 2.43. The fourth-order valence-corrected chi connectivity index (χ4v) is 7.27. The summed E-state index contributed by atoms with van der Waals surface area (Å²) in [5, 5.41) is 0. The molecule has 1 atom stereocenters. The minimum Gasteiger partial charge on any atom is -0.310 e. The lowest BCUT2D eigenvalue weighted by atomic mass is 9.73. The highest BCUT2D eigenvalue weighted by atomic mass is 15.2. The fraction of sp³-hybridized carbons (Fsp3) is 0.111. The molecule has 0 amide bonds. The molecule has 0 radical (unpaired) electrons. The lowest BCUT2D eigenvalue weighted by Crippen LogP contribution is -2.31. The largest absolute Gasteiger partial charge is 0.310 e. The Bertz CT molecular complexity index is 2070. The summed E-state index contributed by atoms with van der Waals surface area (Å²) in [7, 11) is 0. The summed E-state index contributed by atoms with van der Waals surface area (Å²) in [6.45, 7) is 4.72. The molecule has 6 aromatic carbocycles. The highest BCUT2D eigenvalue weighted by Gasteiger charge is 2.37. The maximum atomic E-state index is 2.43. The molecule has 0 bridgehead atoms. The highest BCUT2D eigenvalue weighted by molar-refractivity contribution is 5.89. The SMILES string of the molecule is CC1(C)c2ccccc2N(c2ccc(-c3ccccc3)cc2)c2ccc(N(c3ccccc3)c3ccc(C4C=CC=CC4)cc3)cc21. The minimum absolute atomic E-state index is 0.199. The average Bonchev–Trinajstić information content (AvgIpc) is 3.14. The molecule has 0 saturated carbocycles. The average molecular weight is 607 g/mol. The minimum atomic E-state index is -0.199. The van der Waals surface area contributed by atoms with Crippen LogP contribution in [0.4, 0.5) is 34.1 Å². The van der Waals surface area contributed by atoms with Gasteiger partial charge in [0.1, 0.15) is 0 Å². The van der Waals surface area contributed by atoms with Crippen LogP contribution in [-0.4, -0.2) is 0 Å². The molecule has 1 aliphatic heterocycles. The summed E-state index contributed by atoms with van der Waals surface area (Å²) in [6.07, 6.45) is 9.90. The first kappa shape index (κ1) is 28.8. The van der Waals surface area contributed by atoms with Crippen LogP contribution in [0.1, 0.15) is 42.9 Å². The molecule has 2 heteroatoms. The first-order chi connectivity index (χ1) is 23.1. The smallest absolute Gasteiger partial charge is 0.0504 e. The number of nitrogens with zero attached hydrogens (tertiary/aromatic N) is 2. The zero-order valence-corrected chi connectivity index (χ0v) is 26.9. The molecule has 47 heavy (non-hydrogen) atoms. The number of anilines is 6. The van der Waals surface area contributed by atoms with Crippen LogP contribution in [-0.2, 0) is 5.41 Å². The monoisotopic (exact) mass is 606 g/mol. The summed E-state index contributed by atoms with van der Waals surface area (Å²) in [5.41, 5.74) is 13.3. The van der Waals surface area contributed by atoms with E-state index in [-0.39, 0.29) is 5.41 Å². The van der Waals surface area contributed by atoms with Gasteiger partial charge in [-0.25, -0.2) is 0 Å². The van der Waals surface area contributed by atoms with Gasteiger partial charge in [-0.15, -0.1) is 0 Å². The van der Waals surface area contributed by atoms with Crippen LogP contribution in [0.2, 0.25) is 0 Å². The van der Waals surface area contributed by atoms with Crippen LogP contribution >= 0.6 is 0 Å². The molecule has 6 aromatic rings. The molecule has 2 aliphatic rings. The predicted molar refractivity (Wildman–Crippen MR) is 199 cm³/mol. The normalized spacial score (nSPS) is 16.0. The first-order valence-electron chi connectivity index (χ1n) is 16.6. The Balaban J connectivity index is 1.24. The summed E-state index contributed by atoms with van der Waals surface area (Å²) in [5.74, 6) is 0.427. The second-order valence-corrected chi connectivity index (χ2v) is 13.0. The van der Waals surface area contributed by atoms with Gasteiger partial charge in [0.15, 0.2) is 0 Å². The van der Waals surface area contributed by atoms with E-state index in [1.165, 1.54) is 39.2 Å². The second-order valence-electron chi connectivity index (χ2n) is 13.0. The molecule has 1 heterocycles. The topological polar surface area (TPSA) is 6.48 Å². The van der Waals surface area contributed by atoms with Crippen LogP contribution in [0.5, 0.6) is 0 Å². The number of rotatable bonds is 6. The van der Waals surface area contributed by atoms with Gasteiger partial charge in [-0.1, -0.05) is 129 Å². The number of fused-ring (bicyclic) bond motifs is 2. The van der Waals surface area contributed by atoms with E-state index >= 15 is 0 Å². The zero-order chi connectivity index (χ0) is 31.8. The molecule has 1 unspecified atom stereocenters. The standard InChI is InChI=1S/C45H38N2/c1-45(2)41-20-12-13-21-43(41)47(39-28-24-36(25-29-39)34-16-8-4-9-17-34)44-31-30-40(32-42(44)45)46(37-18-10-5-11-19-37)38-26-22-35(23-27-38)33-14-6-3-7-15-33/h3-14,16-33H,15H2,1-2H3. The predicted octanol–water partition coefficient (Wildman–Crippen LogP) is 12.5. The van der Waals surface area contributed by atoms with E-state index in [0.29, 0.717) is 5.92 Å². The van der Waals surface area contributed by atoms with Crippen LogP contribution in [0.25, 0.3) is 11.1 Å². The van der Waals surface area contributed by atoms with Crippen molar-refractivity contribution in [2.45, 2.75) is 31.6 Å². The summed E-state index contributed by atoms with van der Waals surface area (Å²) in [4.78, 5) is 4.82. The first-order valence-corrected chi connectivity index (χ1v) is 16.6. The molecule has 8 rings (SSSR count). The van der Waals surface area contributed by atoms with Crippen molar-refractivity contribution >= 4 is 34.1 Å². The Kier molecular flexibility index (Phi) is 7.34. The number of benzene rings is 6. The van der Waals surface area contributed by atoms with E-state index in [2.05, 4.69) is 200 Å². The van der Waals surface area contributed by atoms with Gasteiger partial charge < -0.3 is 9.80 Å². The molecule has 0 N–H and O–H groups in total. The summed E-state index contributed by atoms with van der Waals surface area (Å²) < 4.78 is 0.